The van der Waals surface area contributed by atoms with Crippen molar-refractivity contribution in [1.82, 2.24) is 0 Å². The van der Waals surface area contributed by atoms with Crippen LogP contribution in [0, 0.1) is 5.92 Å². The van der Waals surface area contributed by atoms with Crippen molar-refractivity contribution in [2.75, 3.05) is 6.79 Å². The quantitative estimate of drug-likeness (QED) is 0.295. The first-order chi connectivity index (χ1) is 9.44. The van der Waals surface area contributed by atoms with Gasteiger partial charge in [-0.25, -0.2) is 0 Å². The number of carbonyl (C=O) groups excluding carboxylic acids is 2. The van der Waals surface area contributed by atoms with Gasteiger partial charge in [0.2, 0.25) is 6.79 Å². The summed E-state index contributed by atoms with van der Waals surface area (Å²) in [5, 5.41) is 0. The van der Waals surface area contributed by atoms with Gasteiger partial charge in [-0.1, -0.05) is 28.3 Å². The molecule has 0 aliphatic heterocycles. The lowest BCUT2D eigenvalue weighted by atomic mass is 9.89. The normalized spacial score (nSPS) is 17.4. The molecule has 1 aliphatic carbocycles. The summed E-state index contributed by atoms with van der Waals surface area (Å²) in [6, 6.07) is 0. The molecular weight excluding hydrogens is 287 g/mol. The van der Waals surface area contributed by atoms with E-state index in [0.717, 1.165) is 32.1 Å². The summed E-state index contributed by atoms with van der Waals surface area (Å²) in [4.78, 5) is 21.8. The van der Waals surface area contributed by atoms with Crippen LogP contribution in [-0.4, -0.2) is 25.0 Å². The van der Waals surface area contributed by atoms with Crippen molar-refractivity contribution in [3.05, 3.63) is 0 Å². The monoisotopic (exact) mass is 307 g/mol. The fourth-order valence-corrected chi connectivity index (χ4v) is 2.52. The number of carbonyl (C=O) groups is 2. The first-order valence-corrected chi connectivity index (χ1v) is 7.61. The lowest BCUT2D eigenvalue weighted by molar-refractivity contribution is -0.172. The molecule has 0 aromatic heterocycles. The Bertz CT molecular complexity index is 350. The van der Waals surface area contributed by atoms with Crippen LogP contribution in [0.3, 0.4) is 0 Å². The minimum absolute atomic E-state index is 0.0963. The third kappa shape index (κ3) is 6.41. The molecule has 1 atom stereocenters. The zero-order valence-corrected chi connectivity index (χ0v) is 12.6. The molecule has 0 saturated heterocycles. The summed E-state index contributed by atoms with van der Waals surface area (Å²) in [6.07, 6.45) is 4.83. The Labute approximate surface area is 118 Å². The van der Waals surface area contributed by atoms with E-state index in [1.54, 1.807) is 0 Å². The van der Waals surface area contributed by atoms with E-state index in [-0.39, 0.29) is 18.4 Å². The van der Waals surface area contributed by atoms with Crippen LogP contribution in [0.2, 0.25) is 0 Å². The molecule has 0 spiro atoms. The molecule has 0 amide bonds. The van der Waals surface area contributed by atoms with Gasteiger partial charge in [0.25, 0.3) is 12.3 Å². The second-order valence-electron chi connectivity index (χ2n) is 4.97. The van der Waals surface area contributed by atoms with Crippen molar-refractivity contribution in [3.63, 3.8) is 0 Å². The predicted octanol–water partition coefficient (Wildman–Crippen LogP) is 2.67. The molecule has 1 fully saturated rings. The van der Waals surface area contributed by atoms with Crippen LogP contribution < -0.4 is 0 Å². The van der Waals surface area contributed by atoms with E-state index in [1.807, 2.05) is 0 Å². The molecule has 0 heterocycles. The summed E-state index contributed by atoms with van der Waals surface area (Å²) in [6.45, 7) is 2.56. The lowest BCUT2D eigenvalue weighted by Crippen LogP contribution is -2.25. The van der Waals surface area contributed by atoms with Gasteiger partial charge in [-0.2, -0.15) is 0 Å². The Balaban J connectivity index is 2.21. The van der Waals surface area contributed by atoms with E-state index >= 15 is 0 Å². The van der Waals surface area contributed by atoms with Gasteiger partial charge in [0, 0.05) is 18.4 Å². The van der Waals surface area contributed by atoms with E-state index in [4.69, 9.17) is 13.8 Å². The number of hydrogen-bond acceptors (Lipinski definition) is 7. The maximum atomic E-state index is 11.7. The number of esters is 1. The molecule has 7 nitrogen and oxygen atoms in total. The van der Waals surface area contributed by atoms with Gasteiger partial charge >= 0.3 is 14.2 Å². The molecular formula is C12H20O7P+. The Hall–Kier alpha value is -1.04. The van der Waals surface area contributed by atoms with Crippen LogP contribution >= 0.6 is 8.25 Å². The van der Waals surface area contributed by atoms with Gasteiger partial charge in [0.15, 0.2) is 0 Å². The van der Waals surface area contributed by atoms with Crippen LogP contribution in [-0.2, 0) is 32.7 Å². The molecule has 0 bridgehead atoms. The van der Waals surface area contributed by atoms with Gasteiger partial charge < -0.3 is 9.47 Å². The highest BCUT2D eigenvalue weighted by atomic mass is 31.1. The molecule has 0 radical (unpaired) electrons. The first kappa shape index (κ1) is 17.0. The van der Waals surface area contributed by atoms with Gasteiger partial charge in [0.1, 0.15) is 0 Å². The molecule has 20 heavy (non-hydrogen) atoms. The largest absolute Gasteiger partial charge is 0.705 e. The third-order valence-corrected chi connectivity index (χ3v) is 3.83. The van der Waals surface area contributed by atoms with Crippen molar-refractivity contribution in [2.24, 2.45) is 5.92 Å². The number of hydrogen-bond donors (Lipinski definition) is 0. The van der Waals surface area contributed by atoms with Gasteiger partial charge in [0.05, 0.1) is 5.92 Å². The summed E-state index contributed by atoms with van der Waals surface area (Å²) < 4.78 is 30.4. The zero-order chi connectivity index (χ0) is 15.0. The molecule has 8 heteroatoms. The van der Waals surface area contributed by atoms with Crippen molar-refractivity contribution < 1.29 is 32.7 Å². The first-order valence-electron chi connectivity index (χ1n) is 6.52. The van der Waals surface area contributed by atoms with Gasteiger partial charge in [-0.15, -0.1) is 0 Å². The van der Waals surface area contributed by atoms with Crippen LogP contribution in [0.4, 0.5) is 0 Å². The maximum Gasteiger partial charge on any atom is 0.705 e. The highest BCUT2D eigenvalue weighted by Crippen LogP contribution is 2.32. The fraction of sp³-hybridized carbons (Fsp3) is 0.833. The van der Waals surface area contributed by atoms with Crippen LogP contribution in [0.15, 0.2) is 0 Å². The highest BCUT2D eigenvalue weighted by Gasteiger charge is 2.36. The standard InChI is InChI=1S/C12H20O7P/c1-12(2,17-8-13)19-20(15)18-9-16-11(14)10-6-4-3-5-7-10/h8,10H,3-7,9H2,1-2H3/q+1. The molecule has 114 valence electrons. The smallest absolute Gasteiger partial charge is 0.433 e. The summed E-state index contributed by atoms with van der Waals surface area (Å²) >= 11 is 0. The molecule has 1 aliphatic rings. The van der Waals surface area contributed by atoms with Crippen molar-refractivity contribution in [2.45, 2.75) is 51.7 Å². The Morgan fingerprint density at radius 1 is 1.30 bits per heavy atom. The Morgan fingerprint density at radius 2 is 1.95 bits per heavy atom. The minimum Gasteiger partial charge on any atom is -0.433 e. The van der Waals surface area contributed by atoms with Crippen molar-refractivity contribution >= 4 is 20.7 Å². The van der Waals surface area contributed by atoms with E-state index in [0.29, 0.717) is 0 Å². The Morgan fingerprint density at radius 3 is 2.55 bits per heavy atom. The summed E-state index contributed by atoms with van der Waals surface area (Å²) in [5.74, 6) is -1.79. The van der Waals surface area contributed by atoms with Crippen LogP contribution in [0.1, 0.15) is 46.0 Å². The lowest BCUT2D eigenvalue weighted by Gasteiger charge is -2.19. The highest BCUT2D eigenvalue weighted by molar-refractivity contribution is 7.33. The maximum absolute atomic E-state index is 11.7. The summed E-state index contributed by atoms with van der Waals surface area (Å²) in [7, 11) is -2.54. The second-order valence-corrected chi connectivity index (χ2v) is 5.86. The average Bonchev–Trinajstić information content (AvgIpc) is 2.38. The fourth-order valence-electron chi connectivity index (χ4n) is 1.93. The molecule has 0 N–H and O–H groups in total. The molecule has 1 unspecified atom stereocenters. The second kappa shape index (κ2) is 8.29. The van der Waals surface area contributed by atoms with E-state index in [9.17, 15) is 14.2 Å². The van der Waals surface area contributed by atoms with Crippen LogP contribution in [0.5, 0.6) is 0 Å². The van der Waals surface area contributed by atoms with Crippen LogP contribution in [0.25, 0.3) is 0 Å². The van der Waals surface area contributed by atoms with E-state index in [1.165, 1.54) is 13.8 Å². The van der Waals surface area contributed by atoms with Gasteiger partial charge in [-0.05, 0) is 12.8 Å². The molecule has 0 aromatic carbocycles. The van der Waals surface area contributed by atoms with Gasteiger partial charge in [-0.3, -0.25) is 9.59 Å². The topological polar surface area (TPSA) is 88.1 Å². The molecule has 1 rings (SSSR count). The van der Waals surface area contributed by atoms with Crippen molar-refractivity contribution in [3.8, 4) is 0 Å². The van der Waals surface area contributed by atoms with E-state index < -0.39 is 20.8 Å². The zero-order valence-electron chi connectivity index (χ0n) is 11.7. The predicted molar refractivity (Wildman–Crippen MR) is 68.5 cm³/mol. The average molecular weight is 307 g/mol. The summed E-state index contributed by atoms with van der Waals surface area (Å²) in [5.41, 5.74) is 0. The third-order valence-electron chi connectivity index (χ3n) is 2.92. The molecule has 1 saturated carbocycles. The van der Waals surface area contributed by atoms with Crippen molar-refractivity contribution in [1.29, 1.82) is 0 Å². The minimum atomic E-state index is -2.54. The number of ether oxygens (including phenoxy) is 2. The molecule has 0 aromatic rings. The number of rotatable bonds is 8. The van der Waals surface area contributed by atoms with E-state index in [2.05, 4.69) is 4.74 Å². The SMILES string of the molecule is CC(C)(OC=O)O[P+](=O)OCOC(=O)C1CCCCC1. The Kier molecular flexibility index (Phi) is 7.05.